The first-order valence-corrected chi connectivity index (χ1v) is 8.06. The van der Waals surface area contributed by atoms with Crippen molar-refractivity contribution in [3.05, 3.63) is 39.7 Å². The highest BCUT2D eigenvalue weighted by atomic mass is 32.2. The smallest absolute Gasteiger partial charge is 0.270 e. The largest absolute Gasteiger partial charge is 0.383 e. The lowest BCUT2D eigenvalue weighted by molar-refractivity contribution is -0.385. The van der Waals surface area contributed by atoms with Crippen LogP contribution in [-0.2, 0) is 21.5 Å². The first kappa shape index (κ1) is 20.1. The van der Waals surface area contributed by atoms with Gasteiger partial charge >= 0.3 is 0 Å². The number of benzene rings is 1. The average Bonchev–Trinajstić information content (AvgIpc) is 2.43. The molecule has 0 fully saturated rings. The number of nitrogens with zero attached hydrogens (tertiary/aromatic N) is 1. The zero-order valence-corrected chi connectivity index (χ0v) is 14.2. The quantitative estimate of drug-likeness (QED) is 0.380. The molecule has 0 saturated heterocycles. The van der Waals surface area contributed by atoms with Gasteiger partial charge in [0.15, 0.2) is 15.8 Å². The number of primary amides is 1. The van der Waals surface area contributed by atoms with Crippen molar-refractivity contribution in [2.45, 2.75) is 37.5 Å². The maximum atomic E-state index is 14.2. The Morgan fingerprint density at radius 2 is 2.04 bits per heavy atom. The van der Waals surface area contributed by atoms with Crippen molar-refractivity contribution in [3.8, 4) is 0 Å². The molecule has 0 heterocycles. The van der Waals surface area contributed by atoms with E-state index in [1.165, 1.54) is 0 Å². The third-order valence-electron chi connectivity index (χ3n) is 3.86. The van der Waals surface area contributed by atoms with Gasteiger partial charge in [0.2, 0.25) is 5.91 Å². The van der Waals surface area contributed by atoms with Gasteiger partial charge in [-0.3, -0.25) is 14.9 Å². The normalized spacial score (nSPS) is 17.8. The zero-order valence-electron chi connectivity index (χ0n) is 13.4. The van der Waals surface area contributed by atoms with Crippen LogP contribution >= 0.6 is 0 Å². The number of carbonyl (C=O) groups excluding carboxylic acids is 1. The summed E-state index contributed by atoms with van der Waals surface area (Å²) < 4.78 is 33.4. The topological polar surface area (TPSA) is 144 Å². The fraction of sp³-hybridized carbons (Fsp3) is 0.500. The van der Waals surface area contributed by atoms with Crippen LogP contribution in [-0.4, -0.2) is 29.4 Å². The standard InChI is InChI=1S/C14H19FN2O6S/c1-8(2)7-14(12(16)18,24(22)23)13(3,19)10-6-9(17(20)21)4-5-11(10)15/h4-6,8,19H,7H2,1-3H3,(H2,16,18)(H,22,23). The van der Waals surface area contributed by atoms with Gasteiger partial charge in [-0.25, -0.2) is 8.60 Å². The summed E-state index contributed by atoms with van der Waals surface area (Å²) in [5, 5.41) is 21.7. The number of non-ortho nitro benzene ring substituents is 1. The van der Waals surface area contributed by atoms with Gasteiger partial charge in [-0.1, -0.05) is 13.8 Å². The summed E-state index contributed by atoms with van der Waals surface area (Å²) in [5.74, 6) is -2.74. The Morgan fingerprint density at radius 3 is 2.42 bits per heavy atom. The van der Waals surface area contributed by atoms with E-state index in [0.717, 1.165) is 25.1 Å². The minimum absolute atomic E-state index is 0.333. The summed E-state index contributed by atoms with van der Waals surface area (Å²) in [6.45, 7) is 4.17. The summed E-state index contributed by atoms with van der Waals surface area (Å²) in [5.41, 5.74) is 1.53. The van der Waals surface area contributed by atoms with Crippen molar-refractivity contribution >= 4 is 22.7 Å². The van der Waals surface area contributed by atoms with Gasteiger partial charge in [-0.15, -0.1) is 0 Å². The molecule has 0 aliphatic rings. The predicted octanol–water partition coefficient (Wildman–Crippen LogP) is 1.43. The minimum atomic E-state index is -2.97. The summed E-state index contributed by atoms with van der Waals surface area (Å²) in [6.07, 6.45) is -0.333. The molecular formula is C14H19FN2O6S. The van der Waals surface area contributed by atoms with E-state index in [-0.39, 0.29) is 12.3 Å². The number of nitrogens with two attached hydrogens (primary N) is 1. The second-order valence-corrected chi connectivity index (χ2v) is 7.23. The van der Waals surface area contributed by atoms with Crippen LogP contribution in [0.2, 0.25) is 0 Å². The molecule has 0 aliphatic carbocycles. The number of nitro groups is 1. The van der Waals surface area contributed by atoms with E-state index in [0.29, 0.717) is 0 Å². The van der Waals surface area contributed by atoms with Crippen LogP contribution in [0.15, 0.2) is 18.2 Å². The Kier molecular flexibility index (Phi) is 5.80. The number of hydrogen-bond acceptors (Lipinski definition) is 5. The molecule has 1 rings (SSSR count). The number of hydrogen-bond donors (Lipinski definition) is 3. The molecule has 0 bridgehead atoms. The Labute approximate surface area is 140 Å². The zero-order chi connectivity index (χ0) is 18.9. The summed E-state index contributed by atoms with van der Waals surface area (Å²) in [7, 11) is 0. The van der Waals surface area contributed by atoms with Crippen LogP contribution in [0, 0.1) is 21.8 Å². The monoisotopic (exact) mass is 362 g/mol. The molecule has 10 heteroatoms. The predicted molar refractivity (Wildman–Crippen MR) is 84.8 cm³/mol. The molecule has 0 aromatic heterocycles. The molecular weight excluding hydrogens is 343 g/mol. The molecule has 24 heavy (non-hydrogen) atoms. The maximum absolute atomic E-state index is 14.2. The minimum Gasteiger partial charge on any atom is -0.383 e. The van der Waals surface area contributed by atoms with Gasteiger partial charge in [-0.05, 0) is 25.3 Å². The number of nitro benzene ring substituents is 1. The Morgan fingerprint density at radius 1 is 1.50 bits per heavy atom. The third kappa shape index (κ3) is 3.30. The molecule has 0 saturated carbocycles. The summed E-state index contributed by atoms with van der Waals surface area (Å²) in [6, 6.07) is 2.34. The molecule has 1 amide bonds. The third-order valence-corrected chi connectivity index (χ3v) is 5.22. The lowest BCUT2D eigenvalue weighted by Gasteiger charge is -2.41. The van der Waals surface area contributed by atoms with Crippen molar-refractivity contribution in [1.29, 1.82) is 0 Å². The van der Waals surface area contributed by atoms with Gasteiger partial charge < -0.3 is 15.4 Å². The number of halogens is 1. The number of amides is 1. The van der Waals surface area contributed by atoms with E-state index in [1.807, 2.05) is 0 Å². The van der Waals surface area contributed by atoms with Crippen molar-refractivity contribution in [2.75, 3.05) is 0 Å². The van der Waals surface area contributed by atoms with Crippen molar-refractivity contribution in [3.63, 3.8) is 0 Å². The van der Waals surface area contributed by atoms with E-state index in [4.69, 9.17) is 5.73 Å². The van der Waals surface area contributed by atoms with E-state index in [2.05, 4.69) is 0 Å². The van der Waals surface area contributed by atoms with E-state index < -0.39 is 49.3 Å². The van der Waals surface area contributed by atoms with Gasteiger partial charge in [0.05, 0.1) is 4.92 Å². The number of aliphatic hydroxyl groups is 1. The fourth-order valence-corrected chi connectivity index (χ4v) is 3.76. The molecule has 1 aromatic carbocycles. The van der Waals surface area contributed by atoms with E-state index >= 15 is 0 Å². The Hall–Kier alpha value is -1.91. The van der Waals surface area contributed by atoms with Gasteiger partial charge in [0, 0.05) is 17.7 Å². The fourth-order valence-electron chi connectivity index (χ4n) is 2.66. The molecule has 8 nitrogen and oxygen atoms in total. The van der Waals surface area contributed by atoms with Crippen LogP contribution in [0.3, 0.4) is 0 Å². The lowest BCUT2D eigenvalue weighted by atomic mass is 9.76. The first-order chi connectivity index (χ1) is 10.9. The highest BCUT2D eigenvalue weighted by Crippen LogP contribution is 2.43. The highest BCUT2D eigenvalue weighted by Gasteiger charge is 2.59. The number of carbonyl (C=O) groups is 1. The molecule has 0 radical (unpaired) electrons. The average molecular weight is 362 g/mol. The summed E-state index contributed by atoms with van der Waals surface area (Å²) in [4.78, 5) is 22.1. The first-order valence-electron chi connectivity index (χ1n) is 6.95. The second-order valence-electron chi connectivity index (χ2n) is 6.03. The number of rotatable bonds is 7. The van der Waals surface area contributed by atoms with Crippen LogP contribution < -0.4 is 5.73 Å². The van der Waals surface area contributed by atoms with Crippen molar-refractivity contribution in [1.82, 2.24) is 0 Å². The van der Waals surface area contributed by atoms with Crippen LogP contribution in [0.5, 0.6) is 0 Å². The Balaban J connectivity index is 3.74. The van der Waals surface area contributed by atoms with Gasteiger partial charge in [0.1, 0.15) is 11.4 Å². The molecule has 134 valence electrons. The van der Waals surface area contributed by atoms with Crippen molar-refractivity contribution in [2.24, 2.45) is 11.7 Å². The van der Waals surface area contributed by atoms with E-state index in [1.54, 1.807) is 13.8 Å². The molecule has 4 N–H and O–H groups in total. The molecule has 0 spiro atoms. The molecule has 0 aliphatic heterocycles. The van der Waals surface area contributed by atoms with E-state index in [9.17, 15) is 33.2 Å². The molecule has 1 aromatic rings. The lowest BCUT2D eigenvalue weighted by Crippen LogP contribution is -2.62. The van der Waals surface area contributed by atoms with Gasteiger partial charge in [-0.2, -0.15) is 0 Å². The summed E-state index contributed by atoms with van der Waals surface area (Å²) >= 11 is -2.97. The Bertz CT molecular complexity index is 678. The molecule has 3 atom stereocenters. The van der Waals surface area contributed by atoms with Gasteiger partial charge in [0.25, 0.3) is 5.69 Å². The SMILES string of the molecule is CC(C)CC(C(N)=O)(S(=O)O)C(C)(O)c1cc([N+](=O)[O-])ccc1F. The van der Waals surface area contributed by atoms with Crippen LogP contribution in [0.1, 0.15) is 32.8 Å². The van der Waals surface area contributed by atoms with Crippen LogP contribution in [0.25, 0.3) is 0 Å². The second kappa shape index (κ2) is 6.91. The molecule has 3 unspecified atom stereocenters. The maximum Gasteiger partial charge on any atom is 0.270 e. The van der Waals surface area contributed by atoms with Crippen molar-refractivity contribution < 1.29 is 28.0 Å². The van der Waals surface area contributed by atoms with Crippen LogP contribution in [0.4, 0.5) is 10.1 Å². The highest BCUT2D eigenvalue weighted by molar-refractivity contribution is 7.81.